The number of amides is 2. The molecule has 0 bridgehead atoms. The van der Waals surface area contributed by atoms with Gasteiger partial charge in [0.2, 0.25) is 0 Å². The number of benzene rings is 2. The predicted molar refractivity (Wildman–Crippen MR) is 192 cm³/mol. The molecule has 0 unspecified atom stereocenters. The summed E-state index contributed by atoms with van der Waals surface area (Å²) < 4.78 is 7.84. The molecular weight excluding hydrogens is 642 g/mol. The minimum Gasteiger partial charge on any atom is -0.436 e. The number of imidazole rings is 1. The highest BCUT2D eigenvalue weighted by Crippen LogP contribution is 2.33. The number of nitrogens with two attached hydrogens (primary N) is 1. The molecule has 0 spiro atoms. The molecule has 3 aliphatic heterocycles. The highest BCUT2D eigenvalue weighted by atomic mass is 35.5. The van der Waals surface area contributed by atoms with Gasteiger partial charge in [-0.2, -0.15) is 0 Å². The van der Waals surface area contributed by atoms with E-state index in [2.05, 4.69) is 21.9 Å². The van der Waals surface area contributed by atoms with Gasteiger partial charge in [-0.05, 0) is 101 Å². The second-order valence-electron chi connectivity index (χ2n) is 14.2. The van der Waals surface area contributed by atoms with Crippen LogP contribution in [0.3, 0.4) is 0 Å². The second kappa shape index (κ2) is 14.0. The normalized spacial score (nSPS) is 19.5. The number of halogens is 1. The molecule has 2 aromatic heterocycles. The largest absolute Gasteiger partial charge is 0.436 e. The SMILES string of the molecule is Cc1cc(C[C@@H](OC(=O)N2CCC(n3c(=O)[nH]c4c5ccccc5ncc43)CC2)C(=O)N2CCC(C3CCN(C)CC3)CC2)cc(Cl)c1N. The molecule has 3 saturated heterocycles. The number of aromatic nitrogens is 3. The summed E-state index contributed by atoms with van der Waals surface area (Å²) in [7, 11) is 2.18. The van der Waals surface area contributed by atoms with E-state index in [1.54, 1.807) is 21.7 Å². The zero-order valence-electron chi connectivity index (χ0n) is 28.4. The maximum absolute atomic E-state index is 14.1. The first-order chi connectivity index (χ1) is 23.7. The van der Waals surface area contributed by atoms with Crippen LogP contribution in [0.15, 0.2) is 47.4 Å². The number of pyridine rings is 1. The summed E-state index contributed by atoms with van der Waals surface area (Å²) in [6, 6.07) is 11.3. The summed E-state index contributed by atoms with van der Waals surface area (Å²) in [6.45, 7) is 6.29. The van der Waals surface area contributed by atoms with Crippen molar-refractivity contribution in [3.8, 4) is 0 Å². The van der Waals surface area contributed by atoms with E-state index in [0.717, 1.165) is 59.0 Å². The molecule has 2 amide bonds. The van der Waals surface area contributed by atoms with Crippen LogP contribution in [0.1, 0.15) is 55.7 Å². The Labute approximate surface area is 291 Å². The number of carbonyl (C=O) groups is 2. The van der Waals surface area contributed by atoms with Crippen molar-refractivity contribution in [3.05, 3.63) is 69.2 Å². The van der Waals surface area contributed by atoms with Crippen LogP contribution < -0.4 is 11.4 Å². The molecule has 3 aliphatic rings. The highest BCUT2D eigenvalue weighted by Gasteiger charge is 2.36. The molecule has 12 heteroatoms. The third-order valence-corrected chi connectivity index (χ3v) is 11.5. The van der Waals surface area contributed by atoms with Crippen molar-refractivity contribution in [2.75, 3.05) is 52.0 Å². The Balaban J connectivity index is 1.03. The van der Waals surface area contributed by atoms with Crippen LogP contribution >= 0.6 is 11.6 Å². The average molecular weight is 688 g/mol. The third kappa shape index (κ3) is 6.88. The van der Waals surface area contributed by atoms with Crippen LogP contribution in [0, 0.1) is 18.8 Å². The van der Waals surface area contributed by atoms with E-state index in [1.165, 1.54) is 12.8 Å². The van der Waals surface area contributed by atoms with Crippen molar-refractivity contribution in [3.63, 3.8) is 0 Å². The van der Waals surface area contributed by atoms with Gasteiger partial charge >= 0.3 is 11.8 Å². The number of hydrogen-bond acceptors (Lipinski definition) is 7. The van der Waals surface area contributed by atoms with Crippen molar-refractivity contribution in [1.29, 1.82) is 0 Å². The summed E-state index contributed by atoms with van der Waals surface area (Å²) in [5.41, 5.74) is 10.4. The molecule has 3 fully saturated rings. The van der Waals surface area contributed by atoms with Crippen molar-refractivity contribution in [2.45, 2.75) is 64.0 Å². The topological polar surface area (TPSA) is 130 Å². The number of H-pyrrole nitrogens is 1. The zero-order valence-corrected chi connectivity index (χ0v) is 29.1. The number of ether oxygens (including phenoxy) is 1. The maximum atomic E-state index is 14.1. The molecule has 260 valence electrons. The molecule has 7 rings (SSSR count). The number of carbonyl (C=O) groups excluding carboxylic acids is 2. The van der Waals surface area contributed by atoms with E-state index < -0.39 is 12.2 Å². The fraction of sp³-hybridized carbons (Fsp3) is 0.514. The summed E-state index contributed by atoms with van der Waals surface area (Å²) >= 11 is 6.42. The lowest BCUT2D eigenvalue weighted by atomic mass is 9.79. The van der Waals surface area contributed by atoms with Gasteiger partial charge in [0.25, 0.3) is 5.91 Å². The van der Waals surface area contributed by atoms with E-state index >= 15 is 0 Å². The van der Waals surface area contributed by atoms with Crippen LogP contribution in [0.25, 0.3) is 21.9 Å². The van der Waals surface area contributed by atoms with Gasteiger partial charge in [-0.25, -0.2) is 9.59 Å². The third-order valence-electron chi connectivity index (χ3n) is 11.2. The lowest BCUT2D eigenvalue weighted by Gasteiger charge is -2.40. The molecule has 11 nitrogen and oxygen atoms in total. The van der Waals surface area contributed by atoms with Crippen molar-refractivity contribution in [2.24, 2.45) is 11.8 Å². The Morgan fingerprint density at radius 2 is 1.63 bits per heavy atom. The predicted octanol–water partition coefficient (Wildman–Crippen LogP) is 5.39. The quantitative estimate of drug-likeness (QED) is 0.260. The minimum atomic E-state index is -0.986. The maximum Gasteiger partial charge on any atom is 0.410 e. The number of piperidine rings is 3. The van der Waals surface area contributed by atoms with Crippen LogP contribution in [0.5, 0.6) is 0 Å². The van der Waals surface area contributed by atoms with Gasteiger partial charge in [0.1, 0.15) is 0 Å². The van der Waals surface area contributed by atoms with Gasteiger partial charge in [-0.15, -0.1) is 0 Å². The van der Waals surface area contributed by atoms with Crippen LogP contribution in [0.4, 0.5) is 10.5 Å². The van der Waals surface area contributed by atoms with E-state index in [1.807, 2.05) is 42.2 Å². The van der Waals surface area contributed by atoms with E-state index in [4.69, 9.17) is 22.1 Å². The van der Waals surface area contributed by atoms with Gasteiger partial charge in [0.05, 0.1) is 33.5 Å². The van der Waals surface area contributed by atoms with Crippen LogP contribution in [-0.2, 0) is 16.0 Å². The fourth-order valence-corrected chi connectivity index (χ4v) is 8.51. The number of nitrogen functional groups attached to an aromatic ring is 1. The van der Waals surface area contributed by atoms with Gasteiger partial charge in [-0.1, -0.05) is 35.9 Å². The first kappa shape index (κ1) is 33.4. The number of fused-ring (bicyclic) bond motifs is 3. The van der Waals surface area contributed by atoms with E-state index in [-0.39, 0.29) is 24.1 Å². The summed E-state index contributed by atoms with van der Waals surface area (Å²) in [4.78, 5) is 54.4. The Bertz CT molecular complexity index is 1880. The Hall–Kier alpha value is -4.09. The Kier molecular flexibility index (Phi) is 9.57. The molecule has 4 aromatic rings. The summed E-state index contributed by atoms with van der Waals surface area (Å²) in [6.07, 6.45) is 5.97. The fourth-order valence-electron chi connectivity index (χ4n) is 8.22. The van der Waals surface area contributed by atoms with Crippen molar-refractivity contribution >= 4 is 51.2 Å². The first-order valence-corrected chi connectivity index (χ1v) is 18.0. The van der Waals surface area contributed by atoms with Crippen LogP contribution in [0.2, 0.25) is 5.02 Å². The Morgan fingerprint density at radius 1 is 0.980 bits per heavy atom. The van der Waals surface area contributed by atoms with E-state index in [0.29, 0.717) is 61.6 Å². The molecule has 2 aromatic carbocycles. The monoisotopic (exact) mass is 687 g/mol. The summed E-state index contributed by atoms with van der Waals surface area (Å²) in [5.74, 6) is 1.17. The average Bonchev–Trinajstić information content (AvgIpc) is 3.46. The minimum absolute atomic E-state index is 0.101. The van der Waals surface area contributed by atoms with Gasteiger partial charge < -0.3 is 30.2 Å². The number of hydrogen-bond donors (Lipinski definition) is 2. The number of rotatable bonds is 6. The van der Waals surface area contributed by atoms with Gasteiger partial charge in [0.15, 0.2) is 6.10 Å². The molecule has 3 N–H and O–H groups in total. The van der Waals surface area contributed by atoms with Gasteiger partial charge in [-0.3, -0.25) is 14.3 Å². The molecule has 49 heavy (non-hydrogen) atoms. The zero-order chi connectivity index (χ0) is 34.2. The number of para-hydroxylation sites is 1. The number of anilines is 1. The molecule has 0 saturated carbocycles. The molecule has 1 atom stereocenters. The number of aromatic amines is 1. The van der Waals surface area contributed by atoms with Gasteiger partial charge in [0, 0.05) is 44.0 Å². The standard InChI is InChI=1S/C37H46ClN7O4/c1-23-19-24(20-29(38)33(23)39)21-32(35(46)43-15-9-26(10-16-43)25-7-13-42(2)14-8-25)49-37(48)44-17-11-27(12-18-44)45-31-22-40-30-6-4-3-5-28(30)34(31)41-36(45)47/h3-6,19-20,22,25-27,32H,7-18,21,39H2,1-2H3,(H,41,47)/t32-/m1/s1. The number of nitrogens with one attached hydrogen (secondary N) is 1. The van der Waals surface area contributed by atoms with E-state index in [9.17, 15) is 14.4 Å². The lowest BCUT2D eigenvalue weighted by Crippen LogP contribution is -2.49. The van der Waals surface area contributed by atoms with Crippen molar-refractivity contribution in [1.82, 2.24) is 29.2 Å². The highest BCUT2D eigenvalue weighted by molar-refractivity contribution is 6.33. The number of likely N-dealkylation sites (tertiary alicyclic amines) is 3. The molecule has 0 radical (unpaired) electrons. The number of nitrogens with zero attached hydrogens (tertiary/aromatic N) is 5. The number of aryl methyl sites for hydroxylation is 1. The molecule has 0 aliphatic carbocycles. The lowest BCUT2D eigenvalue weighted by molar-refractivity contribution is -0.142. The van der Waals surface area contributed by atoms with Crippen LogP contribution in [-0.4, -0.2) is 93.7 Å². The second-order valence-corrected chi connectivity index (χ2v) is 14.6. The summed E-state index contributed by atoms with van der Waals surface area (Å²) in [5, 5.41) is 1.32. The smallest absolute Gasteiger partial charge is 0.410 e. The Morgan fingerprint density at radius 3 is 2.33 bits per heavy atom. The first-order valence-electron chi connectivity index (χ1n) is 17.6. The van der Waals surface area contributed by atoms with Crippen molar-refractivity contribution < 1.29 is 14.3 Å². The molecular formula is C37H46ClN7O4. The molecule has 5 heterocycles.